The van der Waals surface area contributed by atoms with Crippen LogP contribution in [0.15, 0.2) is 5.38 Å². The Morgan fingerprint density at radius 1 is 1.43 bits per heavy atom. The van der Waals surface area contributed by atoms with Crippen molar-refractivity contribution in [1.29, 1.82) is 0 Å². The maximum absolute atomic E-state index is 11.8. The third-order valence-electron chi connectivity index (χ3n) is 3.10. The van der Waals surface area contributed by atoms with Crippen LogP contribution < -0.4 is 5.32 Å². The molecule has 2 rings (SSSR count). The summed E-state index contributed by atoms with van der Waals surface area (Å²) in [4.78, 5) is 28.8. The van der Waals surface area contributed by atoms with E-state index >= 15 is 0 Å². The molecule has 116 valence electrons. The number of carboxylic acids is 1. The molecule has 2 N–H and O–H groups in total. The molecule has 0 radical (unpaired) electrons. The van der Waals surface area contributed by atoms with E-state index in [1.165, 1.54) is 11.3 Å². The number of hydrogen-bond donors (Lipinski definition) is 2. The molecule has 1 aliphatic heterocycles. The molecular formula is C13H19N3O4S. The lowest BCUT2D eigenvalue weighted by Gasteiger charge is -2.25. The largest absolute Gasteiger partial charge is 0.481 e. The summed E-state index contributed by atoms with van der Waals surface area (Å²) in [6.45, 7) is 4.33. The van der Waals surface area contributed by atoms with Gasteiger partial charge in [-0.3, -0.25) is 14.5 Å². The molecule has 1 aromatic heterocycles. The third-order valence-corrected chi connectivity index (χ3v) is 3.93. The fourth-order valence-corrected chi connectivity index (χ4v) is 2.79. The van der Waals surface area contributed by atoms with Crippen molar-refractivity contribution in [3.05, 3.63) is 16.1 Å². The van der Waals surface area contributed by atoms with Crippen molar-refractivity contribution in [3.63, 3.8) is 0 Å². The average Bonchev–Trinajstić information content (AvgIpc) is 2.93. The van der Waals surface area contributed by atoms with E-state index in [1.54, 1.807) is 5.38 Å². The fourth-order valence-electron chi connectivity index (χ4n) is 1.97. The number of carbonyl (C=O) groups is 2. The molecule has 1 saturated heterocycles. The lowest BCUT2D eigenvalue weighted by atomic mass is 10.3. The van der Waals surface area contributed by atoms with Crippen LogP contribution in [0.2, 0.25) is 0 Å². The van der Waals surface area contributed by atoms with Crippen molar-refractivity contribution in [2.45, 2.75) is 19.4 Å². The van der Waals surface area contributed by atoms with E-state index in [1.807, 2.05) is 0 Å². The van der Waals surface area contributed by atoms with E-state index in [-0.39, 0.29) is 12.3 Å². The Balaban J connectivity index is 1.75. The van der Waals surface area contributed by atoms with E-state index in [4.69, 9.17) is 9.84 Å². The van der Waals surface area contributed by atoms with Crippen LogP contribution in [0.4, 0.5) is 0 Å². The van der Waals surface area contributed by atoms with E-state index in [9.17, 15) is 9.59 Å². The number of rotatable bonds is 7. The van der Waals surface area contributed by atoms with Gasteiger partial charge in [-0.15, -0.1) is 11.3 Å². The van der Waals surface area contributed by atoms with Crippen LogP contribution in [0.3, 0.4) is 0 Å². The molecule has 2 heterocycles. The summed E-state index contributed by atoms with van der Waals surface area (Å²) >= 11 is 1.47. The maximum Gasteiger partial charge on any atom is 0.303 e. The van der Waals surface area contributed by atoms with E-state index in [0.29, 0.717) is 18.7 Å². The number of nitrogens with zero attached hydrogens (tertiary/aromatic N) is 2. The molecular weight excluding hydrogens is 294 g/mol. The summed E-state index contributed by atoms with van der Waals surface area (Å²) in [7, 11) is 0. The highest BCUT2D eigenvalue weighted by atomic mass is 32.1. The Hall–Kier alpha value is -1.51. The van der Waals surface area contributed by atoms with Gasteiger partial charge in [-0.1, -0.05) is 0 Å². The summed E-state index contributed by atoms with van der Waals surface area (Å²) in [5.41, 5.74) is 0.401. The summed E-state index contributed by atoms with van der Waals surface area (Å²) in [6, 6.07) is 0. The minimum absolute atomic E-state index is 0.0552. The quantitative estimate of drug-likeness (QED) is 0.715. The first kappa shape index (κ1) is 15.9. The lowest BCUT2D eigenvalue weighted by Crippen LogP contribution is -2.35. The first-order valence-corrected chi connectivity index (χ1v) is 7.77. The van der Waals surface area contributed by atoms with Gasteiger partial charge in [-0.05, 0) is 6.42 Å². The molecule has 0 saturated carbocycles. The highest BCUT2D eigenvalue weighted by molar-refractivity contribution is 7.09. The number of aromatic nitrogens is 1. The van der Waals surface area contributed by atoms with Gasteiger partial charge in [0.15, 0.2) is 0 Å². The summed E-state index contributed by atoms with van der Waals surface area (Å²) in [6.07, 6.45) is 0.478. The number of ether oxygens (including phenoxy) is 1. The van der Waals surface area contributed by atoms with Gasteiger partial charge in [0.25, 0.3) is 5.91 Å². The van der Waals surface area contributed by atoms with Crippen LogP contribution in [0, 0.1) is 0 Å². The van der Waals surface area contributed by atoms with Gasteiger partial charge in [0, 0.05) is 31.4 Å². The summed E-state index contributed by atoms with van der Waals surface area (Å²) in [5, 5.41) is 13.8. The van der Waals surface area contributed by atoms with E-state index in [2.05, 4.69) is 15.2 Å². The van der Waals surface area contributed by atoms with E-state index in [0.717, 1.165) is 37.9 Å². The van der Waals surface area contributed by atoms with Gasteiger partial charge in [-0.2, -0.15) is 0 Å². The zero-order valence-electron chi connectivity index (χ0n) is 11.7. The van der Waals surface area contributed by atoms with Crippen molar-refractivity contribution in [2.24, 2.45) is 0 Å². The number of aliphatic carboxylic acids is 1. The van der Waals surface area contributed by atoms with Crippen LogP contribution in [0.25, 0.3) is 0 Å². The number of morpholine rings is 1. The minimum Gasteiger partial charge on any atom is -0.481 e. The Kier molecular flexibility index (Phi) is 6.09. The molecule has 0 atom stereocenters. The Bertz CT molecular complexity index is 486. The topological polar surface area (TPSA) is 91.8 Å². The Morgan fingerprint density at radius 2 is 2.19 bits per heavy atom. The lowest BCUT2D eigenvalue weighted by molar-refractivity contribution is -0.137. The van der Waals surface area contributed by atoms with Gasteiger partial charge >= 0.3 is 5.97 Å². The van der Waals surface area contributed by atoms with Gasteiger partial charge in [-0.25, -0.2) is 4.98 Å². The smallest absolute Gasteiger partial charge is 0.303 e. The second-order valence-electron chi connectivity index (χ2n) is 4.77. The second-order valence-corrected chi connectivity index (χ2v) is 5.71. The van der Waals surface area contributed by atoms with Gasteiger partial charge in [0.05, 0.1) is 19.8 Å². The number of amides is 1. The predicted molar refractivity (Wildman–Crippen MR) is 77.4 cm³/mol. The molecule has 1 fully saturated rings. The zero-order valence-corrected chi connectivity index (χ0v) is 12.5. The van der Waals surface area contributed by atoms with Gasteiger partial charge < -0.3 is 15.2 Å². The fraction of sp³-hybridized carbons (Fsp3) is 0.615. The van der Waals surface area contributed by atoms with Crippen LogP contribution in [0.1, 0.15) is 28.3 Å². The van der Waals surface area contributed by atoms with Crippen LogP contribution in [0.5, 0.6) is 0 Å². The van der Waals surface area contributed by atoms with Crippen LogP contribution >= 0.6 is 11.3 Å². The highest BCUT2D eigenvalue weighted by Crippen LogP contribution is 2.13. The third kappa shape index (κ3) is 5.41. The SMILES string of the molecule is O=C(O)CCCNC(=O)c1csc(CN2CCOCC2)n1. The zero-order chi connectivity index (χ0) is 15.1. The highest BCUT2D eigenvalue weighted by Gasteiger charge is 2.15. The summed E-state index contributed by atoms with van der Waals surface area (Å²) in [5.74, 6) is -1.10. The van der Waals surface area contributed by atoms with Gasteiger partial charge in [0.1, 0.15) is 10.7 Å². The number of carboxylic acid groups (broad SMARTS) is 1. The first-order valence-electron chi connectivity index (χ1n) is 6.89. The van der Waals surface area contributed by atoms with Crippen LogP contribution in [-0.4, -0.2) is 59.7 Å². The van der Waals surface area contributed by atoms with Crippen molar-refractivity contribution < 1.29 is 19.4 Å². The Morgan fingerprint density at radius 3 is 2.90 bits per heavy atom. The standard InChI is InChI=1S/C13H19N3O4S/c17-12(18)2-1-3-14-13(19)10-9-21-11(15-10)8-16-4-6-20-7-5-16/h9H,1-8H2,(H,14,19)(H,17,18). The van der Waals surface area contributed by atoms with Crippen molar-refractivity contribution >= 4 is 23.2 Å². The van der Waals surface area contributed by atoms with Crippen molar-refractivity contribution in [3.8, 4) is 0 Å². The molecule has 21 heavy (non-hydrogen) atoms. The van der Waals surface area contributed by atoms with Crippen molar-refractivity contribution in [1.82, 2.24) is 15.2 Å². The average molecular weight is 313 g/mol. The Labute approximate surface area is 126 Å². The first-order chi connectivity index (χ1) is 10.1. The number of hydrogen-bond acceptors (Lipinski definition) is 6. The minimum atomic E-state index is -0.856. The molecule has 0 aliphatic carbocycles. The number of thiazole rings is 1. The van der Waals surface area contributed by atoms with Crippen molar-refractivity contribution in [2.75, 3.05) is 32.8 Å². The molecule has 1 aromatic rings. The normalized spacial score (nSPS) is 15.8. The molecule has 1 amide bonds. The molecule has 1 aliphatic rings. The molecule has 0 spiro atoms. The molecule has 8 heteroatoms. The predicted octanol–water partition coefficient (Wildman–Crippen LogP) is 0.570. The molecule has 0 aromatic carbocycles. The molecule has 0 unspecified atom stereocenters. The number of nitrogens with one attached hydrogen (secondary N) is 1. The molecule has 0 bridgehead atoms. The van der Waals surface area contributed by atoms with E-state index < -0.39 is 5.97 Å². The number of carbonyl (C=O) groups excluding carboxylic acids is 1. The second kappa shape index (κ2) is 8.06. The van der Waals surface area contributed by atoms with Gasteiger partial charge in [0.2, 0.25) is 0 Å². The maximum atomic E-state index is 11.8. The monoisotopic (exact) mass is 313 g/mol. The van der Waals surface area contributed by atoms with Crippen LogP contribution in [-0.2, 0) is 16.1 Å². The summed E-state index contributed by atoms with van der Waals surface area (Å²) < 4.78 is 5.29. The molecule has 7 nitrogen and oxygen atoms in total.